The second-order valence-corrected chi connectivity index (χ2v) is 7.66. The summed E-state index contributed by atoms with van der Waals surface area (Å²) in [4.78, 5) is 10.7. The number of hydrogen-bond donors (Lipinski definition) is 3. The first-order chi connectivity index (χ1) is 14.3. The van der Waals surface area contributed by atoms with Gasteiger partial charge in [0.15, 0.2) is 0 Å². The van der Waals surface area contributed by atoms with E-state index in [4.69, 9.17) is 5.11 Å². The van der Waals surface area contributed by atoms with E-state index < -0.39 is 24.6 Å². The first-order valence-electron chi connectivity index (χ1n) is 9.93. The zero-order valence-corrected chi connectivity index (χ0v) is 20.0. The smallest absolute Gasteiger partial charge is 0.305 e. The van der Waals surface area contributed by atoms with Crippen molar-refractivity contribution in [1.82, 2.24) is 4.57 Å². The molecular formula is C24H26FNNaO4. The molecule has 1 aromatic heterocycles. The van der Waals surface area contributed by atoms with E-state index in [1.165, 1.54) is 12.1 Å². The Kier molecular flexibility index (Phi) is 9.03. The number of fused-ring (bicyclic) bond motifs is 1. The van der Waals surface area contributed by atoms with Crippen LogP contribution in [-0.4, -0.2) is 67.6 Å². The number of rotatable bonds is 8. The van der Waals surface area contributed by atoms with Gasteiger partial charge in [0.2, 0.25) is 0 Å². The predicted molar refractivity (Wildman–Crippen MR) is 121 cm³/mol. The summed E-state index contributed by atoms with van der Waals surface area (Å²) in [7, 11) is 0. The van der Waals surface area contributed by atoms with Crippen LogP contribution in [0.3, 0.4) is 0 Å². The third-order valence-electron chi connectivity index (χ3n) is 5.00. The minimum absolute atomic E-state index is 0. The van der Waals surface area contributed by atoms with E-state index in [2.05, 4.69) is 18.4 Å². The summed E-state index contributed by atoms with van der Waals surface area (Å²) in [5.41, 5.74) is 3.65. The average molecular weight is 434 g/mol. The fourth-order valence-corrected chi connectivity index (χ4v) is 3.77. The minimum atomic E-state index is -1.13. The van der Waals surface area contributed by atoms with Gasteiger partial charge >= 0.3 is 5.97 Å². The van der Waals surface area contributed by atoms with Crippen molar-refractivity contribution in [3.63, 3.8) is 0 Å². The number of benzene rings is 2. The standard InChI is InChI=1S/C24H26FNO4.Na/c1-15(2)26-21-6-4-3-5-20(21)24(16-7-9-17(25)10-8-16)22(26)12-11-18(27)13-19(28)14-23(29)30;/h3-12,15,18-19,27-28H,13-14H2,1-2H3,(H,29,30);. The van der Waals surface area contributed by atoms with Crippen LogP contribution < -0.4 is 0 Å². The van der Waals surface area contributed by atoms with Gasteiger partial charge in [-0.2, -0.15) is 0 Å². The molecule has 2 aromatic carbocycles. The number of carboxylic acid groups (broad SMARTS) is 1. The van der Waals surface area contributed by atoms with Gasteiger partial charge in [0.25, 0.3) is 0 Å². The average Bonchev–Trinajstić information content (AvgIpc) is 3.00. The molecule has 0 amide bonds. The largest absolute Gasteiger partial charge is 0.481 e. The van der Waals surface area contributed by atoms with Gasteiger partial charge in [0, 0.05) is 64.2 Å². The van der Waals surface area contributed by atoms with Gasteiger partial charge in [0.05, 0.1) is 18.6 Å². The van der Waals surface area contributed by atoms with Gasteiger partial charge in [-0.1, -0.05) is 36.4 Å². The van der Waals surface area contributed by atoms with Crippen molar-refractivity contribution in [2.75, 3.05) is 0 Å². The zero-order valence-electron chi connectivity index (χ0n) is 18.0. The first-order valence-corrected chi connectivity index (χ1v) is 9.93. The minimum Gasteiger partial charge on any atom is -0.481 e. The Balaban J connectivity index is 0.00000341. The number of aromatic nitrogens is 1. The number of aliphatic carboxylic acids is 1. The molecule has 3 rings (SSSR count). The summed E-state index contributed by atoms with van der Waals surface area (Å²) < 4.78 is 15.6. The number of aliphatic hydroxyl groups is 2. The summed E-state index contributed by atoms with van der Waals surface area (Å²) in [5, 5.41) is 29.9. The van der Waals surface area contributed by atoms with Crippen molar-refractivity contribution in [1.29, 1.82) is 0 Å². The molecule has 7 heteroatoms. The van der Waals surface area contributed by atoms with E-state index >= 15 is 0 Å². The molecule has 0 saturated heterocycles. The Labute approximate surface area is 203 Å². The number of halogens is 1. The second-order valence-electron chi connectivity index (χ2n) is 7.66. The van der Waals surface area contributed by atoms with E-state index in [1.54, 1.807) is 24.3 Å². The fraction of sp³-hybridized carbons (Fsp3) is 0.292. The molecule has 159 valence electrons. The van der Waals surface area contributed by atoms with Crippen molar-refractivity contribution >= 4 is 52.5 Å². The molecule has 5 nitrogen and oxygen atoms in total. The van der Waals surface area contributed by atoms with E-state index in [9.17, 15) is 19.4 Å². The topological polar surface area (TPSA) is 82.7 Å². The molecule has 0 aliphatic rings. The Morgan fingerprint density at radius 1 is 1.10 bits per heavy atom. The molecule has 0 spiro atoms. The second kappa shape index (κ2) is 11.1. The Morgan fingerprint density at radius 3 is 2.35 bits per heavy atom. The van der Waals surface area contributed by atoms with Crippen LogP contribution in [0.25, 0.3) is 28.1 Å². The van der Waals surface area contributed by atoms with Crippen LogP contribution in [0.15, 0.2) is 54.6 Å². The Bertz CT molecular complexity index is 1060. The number of carbonyl (C=O) groups is 1. The molecule has 1 radical (unpaired) electrons. The molecule has 2 atom stereocenters. The van der Waals surface area contributed by atoms with Gasteiger partial charge < -0.3 is 19.9 Å². The van der Waals surface area contributed by atoms with Crippen molar-refractivity contribution in [2.24, 2.45) is 0 Å². The van der Waals surface area contributed by atoms with Crippen LogP contribution in [0, 0.1) is 5.82 Å². The maximum absolute atomic E-state index is 13.5. The van der Waals surface area contributed by atoms with Crippen molar-refractivity contribution < 1.29 is 24.5 Å². The monoisotopic (exact) mass is 434 g/mol. The van der Waals surface area contributed by atoms with Crippen LogP contribution in [0.2, 0.25) is 0 Å². The van der Waals surface area contributed by atoms with Crippen LogP contribution in [0.4, 0.5) is 4.39 Å². The van der Waals surface area contributed by atoms with Crippen LogP contribution >= 0.6 is 0 Å². The Hall–Kier alpha value is -1.96. The van der Waals surface area contributed by atoms with E-state index in [-0.39, 0.29) is 47.8 Å². The predicted octanol–water partition coefficient (Wildman–Crippen LogP) is 4.25. The number of aliphatic hydroxyl groups excluding tert-OH is 2. The summed E-state index contributed by atoms with van der Waals surface area (Å²) in [6.45, 7) is 4.12. The third-order valence-corrected chi connectivity index (χ3v) is 5.00. The van der Waals surface area contributed by atoms with E-state index in [1.807, 2.05) is 24.3 Å². The summed E-state index contributed by atoms with van der Waals surface area (Å²) in [6, 6.07) is 14.4. The number of para-hydroxylation sites is 1. The molecule has 0 bridgehead atoms. The summed E-state index contributed by atoms with van der Waals surface area (Å²) in [5.74, 6) is -1.43. The first kappa shape index (κ1) is 25.3. The molecule has 3 aromatic rings. The summed E-state index contributed by atoms with van der Waals surface area (Å²) >= 11 is 0. The molecule has 1 heterocycles. The van der Waals surface area contributed by atoms with E-state index in [0.29, 0.717) is 0 Å². The third kappa shape index (κ3) is 6.05. The van der Waals surface area contributed by atoms with Crippen LogP contribution in [0.5, 0.6) is 0 Å². The number of nitrogens with zero attached hydrogens (tertiary/aromatic N) is 1. The van der Waals surface area contributed by atoms with Gasteiger partial charge in [-0.3, -0.25) is 4.79 Å². The summed E-state index contributed by atoms with van der Waals surface area (Å²) in [6.07, 6.45) is 0.727. The van der Waals surface area contributed by atoms with Crippen molar-refractivity contribution in [2.45, 2.75) is 44.9 Å². The normalized spacial score (nSPS) is 13.5. The molecule has 31 heavy (non-hydrogen) atoms. The zero-order chi connectivity index (χ0) is 21.8. The SMILES string of the molecule is CC(C)n1c(C=CC(O)CC(O)CC(=O)O)c(-c2ccc(F)cc2)c2ccccc21.[Na]. The van der Waals surface area contributed by atoms with Crippen LogP contribution in [-0.2, 0) is 4.79 Å². The van der Waals surface area contributed by atoms with Crippen molar-refractivity contribution in [3.8, 4) is 11.1 Å². The van der Waals surface area contributed by atoms with E-state index in [0.717, 1.165) is 27.7 Å². The quantitative estimate of drug-likeness (QED) is 0.463. The molecule has 0 saturated carbocycles. The molecular weight excluding hydrogens is 408 g/mol. The van der Waals surface area contributed by atoms with Gasteiger partial charge in [-0.05, 0) is 43.7 Å². The van der Waals surface area contributed by atoms with Crippen molar-refractivity contribution in [3.05, 3.63) is 66.1 Å². The molecule has 2 unspecified atom stereocenters. The van der Waals surface area contributed by atoms with Crippen LogP contribution in [0.1, 0.15) is 38.4 Å². The maximum atomic E-state index is 13.5. The Morgan fingerprint density at radius 2 is 1.74 bits per heavy atom. The molecule has 0 aliphatic carbocycles. The van der Waals surface area contributed by atoms with Gasteiger partial charge in [-0.25, -0.2) is 4.39 Å². The maximum Gasteiger partial charge on any atom is 0.305 e. The fourth-order valence-electron chi connectivity index (χ4n) is 3.77. The molecule has 0 aliphatic heterocycles. The molecule has 0 fully saturated rings. The number of hydrogen-bond acceptors (Lipinski definition) is 3. The van der Waals surface area contributed by atoms with Gasteiger partial charge in [0.1, 0.15) is 5.82 Å². The van der Waals surface area contributed by atoms with Gasteiger partial charge in [-0.15, -0.1) is 0 Å². The molecule has 3 N–H and O–H groups in total. The number of carboxylic acids is 1.